The van der Waals surface area contributed by atoms with Gasteiger partial charge in [-0.15, -0.1) is 0 Å². The van der Waals surface area contributed by atoms with Crippen molar-refractivity contribution in [2.24, 2.45) is 5.92 Å². The largest absolute Gasteiger partial charge is 0.472 e. The molecule has 0 aliphatic rings. The molecule has 17 nitrogen and oxygen atoms in total. The molecule has 0 saturated heterocycles. The average Bonchev–Trinajstić information content (AvgIpc) is 1.45. The summed E-state index contributed by atoms with van der Waals surface area (Å²) in [6, 6.07) is 0. The maximum absolute atomic E-state index is 13.1. The summed E-state index contributed by atoms with van der Waals surface area (Å²) in [4.78, 5) is 72.9. The summed E-state index contributed by atoms with van der Waals surface area (Å²) in [7, 11) is -9.92. The highest BCUT2D eigenvalue weighted by atomic mass is 31.2. The van der Waals surface area contributed by atoms with Crippen molar-refractivity contribution in [2.75, 3.05) is 39.6 Å². The number of esters is 4. The molecule has 19 heteroatoms. The molecule has 0 bridgehead atoms. The summed E-state index contributed by atoms with van der Waals surface area (Å²) in [6.45, 7) is 7.20. The van der Waals surface area contributed by atoms with E-state index in [0.717, 1.165) is 115 Å². The van der Waals surface area contributed by atoms with Crippen LogP contribution < -0.4 is 0 Å². The summed E-state index contributed by atoms with van der Waals surface area (Å²) in [5, 5.41) is 10.6. The zero-order valence-corrected chi connectivity index (χ0v) is 64.5. The first-order valence-corrected chi connectivity index (χ1v) is 42.9. The van der Waals surface area contributed by atoms with E-state index in [2.05, 4.69) is 58.9 Å². The van der Waals surface area contributed by atoms with Gasteiger partial charge in [0.25, 0.3) is 0 Å². The van der Waals surface area contributed by atoms with Gasteiger partial charge in [-0.25, -0.2) is 9.13 Å². The molecule has 0 aromatic heterocycles. The predicted octanol–water partition coefficient (Wildman–Crippen LogP) is 22.8. The Morgan fingerprint density at radius 1 is 0.320 bits per heavy atom. The molecular weight excluding hydrogens is 1270 g/mol. The van der Waals surface area contributed by atoms with Gasteiger partial charge in [-0.05, 0) is 57.3 Å². The SMILES string of the molecule is CCCCCC/C=C\C=C/CCCCCCCC(=O)OC[C@H](COP(=O)(O)OC[C@@H](O)COP(=O)(O)OC[C@@H](COC(=O)CCCCCCCCCCC(C)C)OC(=O)CCCCCCCCCCCCCC)OC(=O)CCCCCCCCCCCCCCCCCCCCC. The van der Waals surface area contributed by atoms with Crippen LogP contribution in [0.25, 0.3) is 0 Å². The van der Waals surface area contributed by atoms with E-state index in [1.165, 1.54) is 193 Å². The van der Waals surface area contributed by atoms with Crippen LogP contribution in [0, 0.1) is 5.92 Å². The number of phosphoric ester groups is 2. The molecular formula is C78H148O17P2. The molecule has 0 heterocycles. The van der Waals surface area contributed by atoms with Crippen molar-refractivity contribution in [2.45, 2.75) is 406 Å². The summed E-state index contributed by atoms with van der Waals surface area (Å²) < 4.78 is 68.5. The number of phosphoric acid groups is 2. The third-order valence-electron chi connectivity index (χ3n) is 17.7. The van der Waals surface area contributed by atoms with Gasteiger partial charge in [0.1, 0.15) is 19.3 Å². The molecule has 0 fully saturated rings. The Morgan fingerprint density at radius 2 is 0.557 bits per heavy atom. The fourth-order valence-corrected chi connectivity index (χ4v) is 13.1. The van der Waals surface area contributed by atoms with Gasteiger partial charge < -0.3 is 33.8 Å². The minimum Gasteiger partial charge on any atom is -0.462 e. The average molecular weight is 1420 g/mol. The molecule has 0 aliphatic carbocycles. The van der Waals surface area contributed by atoms with E-state index in [1.807, 2.05) is 0 Å². The van der Waals surface area contributed by atoms with E-state index in [9.17, 15) is 43.2 Å². The summed E-state index contributed by atoms with van der Waals surface area (Å²) in [5.74, 6) is -1.42. The standard InChI is InChI=1S/C78H148O17P2/c1-6-9-12-15-18-21-24-27-29-30-31-32-34-36-39-42-49-54-59-64-78(83)94-73(67-88-75(80)61-56-51-46-40-38-35-33-28-25-22-19-16-13-10-7-2)69-92-96(84,85)90-65-72(79)66-91-97(86,87)93-70-74(68-89-76(81)62-57-52-47-44-43-45-50-55-60-71(4)5)95-77(82)63-58-53-48-41-37-26-23-20-17-14-11-8-3/h22,25,28,33,71-74,79H,6-21,23-24,26-27,29-32,34-70H2,1-5H3,(H,84,85)(H,86,87)/b25-22-,33-28-/t72-,73-,74-/m1/s1. The van der Waals surface area contributed by atoms with Crippen LogP contribution in [0.4, 0.5) is 0 Å². The third-order valence-corrected chi connectivity index (χ3v) is 19.6. The second kappa shape index (κ2) is 70.6. The van der Waals surface area contributed by atoms with Crippen LogP contribution in [0.15, 0.2) is 24.3 Å². The van der Waals surface area contributed by atoms with Gasteiger partial charge in [-0.1, -0.05) is 335 Å². The molecule has 0 aromatic carbocycles. The second-order valence-electron chi connectivity index (χ2n) is 27.9. The Labute approximate surface area is 592 Å². The van der Waals surface area contributed by atoms with Crippen LogP contribution >= 0.6 is 15.6 Å². The van der Waals surface area contributed by atoms with E-state index < -0.39 is 97.5 Å². The van der Waals surface area contributed by atoms with Crippen molar-refractivity contribution < 1.29 is 80.2 Å². The number of aliphatic hydroxyl groups is 1. The second-order valence-corrected chi connectivity index (χ2v) is 30.8. The molecule has 0 amide bonds. The first-order chi connectivity index (χ1) is 47.0. The van der Waals surface area contributed by atoms with Crippen molar-refractivity contribution in [1.82, 2.24) is 0 Å². The van der Waals surface area contributed by atoms with Gasteiger partial charge in [-0.3, -0.25) is 37.3 Å². The Balaban J connectivity index is 5.27. The molecule has 0 rings (SSSR count). The number of carbonyl (C=O) groups is 4. The lowest BCUT2D eigenvalue weighted by atomic mass is 10.0. The molecule has 0 aromatic rings. The van der Waals surface area contributed by atoms with Gasteiger partial charge >= 0.3 is 39.5 Å². The van der Waals surface area contributed by atoms with E-state index in [4.69, 9.17) is 37.0 Å². The third kappa shape index (κ3) is 71.7. The van der Waals surface area contributed by atoms with Crippen LogP contribution in [-0.2, 0) is 65.4 Å². The zero-order valence-electron chi connectivity index (χ0n) is 62.7. The highest BCUT2D eigenvalue weighted by molar-refractivity contribution is 7.47. The maximum Gasteiger partial charge on any atom is 0.472 e. The molecule has 0 spiro atoms. The molecule has 572 valence electrons. The maximum atomic E-state index is 13.1. The van der Waals surface area contributed by atoms with Gasteiger partial charge in [0.2, 0.25) is 0 Å². The van der Waals surface area contributed by atoms with Crippen molar-refractivity contribution >= 4 is 39.5 Å². The van der Waals surface area contributed by atoms with Crippen LogP contribution in [0.3, 0.4) is 0 Å². The van der Waals surface area contributed by atoms with E-state index in [-0.39, 0.29) is 25.7 Å². The van der Waals surface area contributed by atoms with E-state index in [1.54, 1.807) is 0 Å². The molecule has 5 atom stereocenters. The molecule has 0 radical (unpaired) electrons. The minimum absolute atomic E-state index is 0.102. The number of unbranched alkanes of at least 4 members (excludes halogenated alkanes) is 45. The fraction of sp³-hybridized carbons (Fsp3) is 0.897. The van der Waals surface area contributed by atoms with Gasteiger partial charge in [0, 0.05) is 25.7 Å². The Bertz CT molecular complexity index is 1950. The summed E-state index contributed by atoms with van der Waals surface area (Å²) in [5.41, 5.74) is 0. The van der Waals surface area contributed by atoms with E-state index >= 15 is 0 Å². The highest BCUT2D eigenvalue weighted by Crippen LogP contribution is 2.45. The normalized spacial score (nSPS) is 14.1. The van der Waals surface area contributed by atoms with Crippen molar-refractivity contribution in [1.29, 1.82) is 0 Å². The molecule has 0 saturated carbocycles. The van der Waals surface area contributed by atoms with Crippen molar-refractivity contribution in [3.05, 3.63) is 24.3 Å². The summed E-state index contributed by atoms with van der Waals surface area (Å²) in [6.07, 6.45) is 63.2. The molecule has 0 aliphatic heterocycles. The van der Waals surface area contributed by atoms with E-state index in [0.29, 0.717) is 25.7 Å². The number of hydrogen-bond acceptors (Lipinski definition) is 15. The number of carbonyl (C=O) groups excluding carboxylic acids is 4. The quantitative estimate of drug-likeness (QED) is 0.0169. The van der Waals surface area contributed by atoms with Crippen LogP contribution in [0.1, 0.15) is 388 Å². The highest BCUT2D eigenvalue weighted by Gasteiger charge is 2.30. The number of aliphatic hydroxyl groups excluding tert-OH is 1. The van der Waals surface area contributed by atoms with Crippen molar-refractivity contribution in [3.63, 3.8) is 0 Å². The molecule has 2 unspecified atom stereocenters. The predicted molar refractivity (Wildman–Crippen MR) is 395 cm³/mol. The number of ether oxygens (including phenoxy) is 4. The van der Waals surface area contributed by atoms with Gasteiger partial charge in [0.05, 0.1) is 26.4 Å². The molecule has 3 N–H and O–H groups in total. The lowest BCUT2D eigenvalue weighted by Crippen LogP contribution is -2.30. The smallest absolute Gasteiger partial charge is 0.462 e. The lowest BCUT2D eigenvalue weighted by molar-refractivity contribution is -0.161. The first-order valence-electron chi connectivity index (χ1n) is 40.0. The van der Waals surface area contributed by atoms with Crippen molar-refractivity contribution in [3.8, 4) is 0 Å². The number of rotatable bonds is 76. The minimum atomic E-state index is -4.97. The fourth-order valence-electron chi connectivity index (χ4n) is 11.5. The monoisotopic (exact) mass is 1420 g/mol. The van der Waals surface area contributed by atoms with Gasteiger partial charge in [0.15, 0.2) is 12.2 Å². The number of allylic oxidation sites excluding steroid dienone is 4. The Kier molecular flexibility index (Phi) is 68.8. The summed E-state index contributed by atoms with van der Waals surface area (Å²) >= 11 is 0. The Morgan fingerprint density at radius 3 is 0.845 bits per heavy atom. The van der Waals surface area contributed by atoms with Crippen LogP contribution in [0.5, 0.6) is 0 Å². The number of hydrogen-bond donors (Lipinski definition) is 3. The van der Waals surface area contributed by atoms with Gasteiger partial charge in [-0.2, -0.15) is 0 Å². The molecule has 97 heavy (non-hydrogen) atoms. The lowest BCUT2D eigenvalue weighted by Gasteiger charge is -2.21. The first kappa shape index (κ1) is 94.5. The topological polar surface area (TPSA) is 237 Å². The zero-order chi connectivity index (χ0) is 71.2. The van der Waals surface area contributed by atoms with Crippen LogP contribution in [-0.4, -0.2) is 96.7 Å². The Hall–Kier alpha value is -2.46. The van der Waals surface area contributed by atoms with Crippen LogP contribution in [0.2, 0.25) is 0 Å².